The summed E-state index contributed by atoms with van der Waals surface area (Å²) < 4.78 is 41.0. The molecule has 2 atom stereocenters. The van der Waals surface area contributed by atoms with Crippen molar-refractivity contribution >= 4 is 22.2 Å². The second-order valence-corrected chi connectivity index (χ2v) is 13.4. The third-order valence-corrected chi connectivity index (χ3v) is 10.3. The molecule has 1 fully saturated rings. The maximum Gasteiger partial charge on any atom is 0.210 e. The van der Waals surface area contributed by atoms with E-state index < -0.39 is 21.4 Å². The van der Waals surface area contributed by atoms with Gasteiger partial charge in [0.2, 0.25) is 16.4 Å². The summed E-state index contributed by atoms with van der Waals surface area (Å²) in [5, 5.41) is 13.5. The lowest BCUT2D eigenvalue weighted by atomic mass is 9.71. The van der Waals surface area contributed by atoms with Crippen molar-refractivity contribution in [2.75, 3.05) is 32.9 Å². The maximum atomic E-state index is 15.0. The number of ketones is 1. The molecule has 10 heteroatoms. The largest absolute Gasteiger partial charge is 0.508 e. The molecule has 0 saturated carbocycles. The SMILES string of the molecule is Cc1c(F)cccc1-c1c(C(=O)c2cccc(O)c2)ccc2c1CN(C=O)C2(CCN(C)S(C)(=O)=O)C1CCCNC1. The van der Waals surface area contributed by atoms with Crippen molar-refractivity contribution < 1.29 is 27.5 Å². The number of rotatable bonds is 9. The number of halogens is 1. The number of phenolic OH excluding ortho intramolecular Hbond substituents is 1. The first-order valence-corrected chi connectivity index (χ1v) is 15.9. The Hall–Kier alpha value is -3.60. The molecule has 0 spiro atoms. The number of phenols is 1. The highest BCUT2D eigenvalue weighted by atomic mass is 32.2. The third-order valence-electron chi connectivity index (χ3n) is 8.98. The first kappa shape index (κ1) is 29.9. The number of piperidine rings is 1. The summed E-state index contributed by atoms with van der Waals surface area (Å²) in [6.07, 6.45) is 4.06. The molecule has 2 aliphatic heterocycles. The average Bonchev–Trinajstić information content (AvgIpc) is 3.31. The van der Waals surface area contributed by atoms with E-state index in [0.717, 1.165) is 43.2 Å². The Morgan fingerprint density at radius 2 is 1.98 bits per heavy atom. The minimum Gasteiger partial charge on any atom is -0.508 e. The summed E-state index contributed by atoms with van der Waals surface area (Å²) in [6, 6.07) is 14.4. The number of aromatic hydroxyl groups is 1. The van der Waals surface area contributed by atoms with E-state index >= 15 is 0 Å². The predicted molar refractivity (Wildman–Crippen MR) is 159 cm³/mol. The standard InChI is InChI=1S/C32H36FN3O5S/c1-21-25(10-5-11-29(21)33)30-26(31(39)22-7-4-9-24(38)17-22)12-13-28-27(30)19-36(20-37)32(28,23-8-6-15-34-18-23)14-16-35(2)42(3,40)41/h4-5,7,9-13,17,20,23,34,38H,6,8,14-16,18-19H2,1-3H3. The van der Waals surface area contributed by atoms with Crippen molar-refractivity contribution in [3.05, 3.63) is 88.2 Å². The van der Waals surface area contributed by atoms with Gasteiger partial charge in [0.25, 0.3) is 0 Å². The first-order valence-electron chi connectivity index (χ1n) is 14.1. The van der Waals surface area contributed by atoms with Gasteiger partial charge in [-0.05, 0) is 84.7 Å². The van der Waals surface area contributed by atoms with E-state index in [-0.39, 0.29) is 36.1 Å². The summed E-state index contributed by atoms with van der Waals surface area (Å²) in [5.74, 6) is -0.807. The topological polar surface area (TPSA) is 107 Å². The minimum absolute atomic E-state index is 0.0141. The van der Waals surface area contributed by atoms with Gasteiger partial charge in [-0.1, -0.05) is 36.4 Å². The van der Waals surface area contributed by atoms with Crippen molar-refractivity contribution in [2.24, 2.45) is 5.92 Å². The van der Waals surface area contributed by atoms with Crippen molar-refractivity contribution in [3.63, 3.8) is 0 Å². The molecule has 2 unspecified atom stereocenters. The van der Waals surface area contributed by atoms with Crippen molar-refractivity contribution in [2.45, 2.75) is 38.3 Å². The van der Waals surface area contributed by atoms with Gasteiger partial charge in [-0.15, -0.1) is 0 Å². The van der Waals surface area contributed by atoms with E-state index in [4.69, 9.17) is 0 Å². The molecule has 42 heavy (non-hydrogen) atoms. The van der Waals surface area contributed by atoms with E-state index in [0.29, 0.717) is 35.2 Å². The Morgan fingerprint density at radius 3 is 2.64 bits per heavy atom. The van der Waals surface area contributed by atoms with Crippen LogP contribution in [0.25, 0.3) is 11.1 Å². The zero-order valence-electron chi connectivity index (χ0n) is 24.1. The van der Waals surface area contributed by atoms with Gasteiger partial charge in [-0.2, -0.15) is 0 Å². The Kier molecular flexibility index (Phi) is 8.24. The zero-order chi connectivity index (χ0) is 30.2. The van der Waals surface area contributed by atoms with Crippen LogP contribution in [0.15, 0.2) is 54.6 Å². The number of carbonyl (C=O) groups is 2. The minimum atomic E-state index is -3.46. The lowest BCUT2D eigenvalue weighted by molar-refractivity contribution is -0.127. The number of fused-ring (bicyclic) bond motifs is 1. The van der Waals surface area contributed by atoms with Gasteiger partial charge in [0.05, 0.1) is 11.8 Å². The lowest BCUT2D eigenvalue weighted by Crippen LogP contribution is -2.53. The average molecular weight is 594 g/mol. The summed E-state index contributed by atoms with van der Waals surface area (Å²) in [5.41, 5.74) is 2.84. The summed E-state index contributed by atoms with van der Waals surface area (Å²) >= 11 is 0. The molecule has 0 bridgehead atoms. The lowest BCUT2D eigenvalue weighted by Gasteiger charge is -2.46. The molecule has 5 rings (SSSR count). The van der Waals surface area contributed by atoms with Crippen molar-refractivity contribution in [1.82, 2.24) is 14.5 Å². The molecular weight excluding hydrogens is 557 g/mol. The van der Waals surface area contributed by atoms with Gasteiger partial charge in [0, 0.05) is 37.8 Å². The number of hydrogen-bond acceptors (Lipinski definition) is 6. The number of nitrogens with one attached hydrogen (secondary N) is 1. The van der Waals surface area contributed by atoms with Crippen LogP contribution in [-0.2, 0) is 26.9 Å². The van der Waals surface area contributed by atoms with Gasteiger partial charge in [-0.3, -0.25) is 9.59 Å². The van der Waals surface area contributed by atoms with E-state index in [2.05, 4.69) is 5.32 Å². The number of nitrogens with zero attached hydrogens (tertiary/aromatic N) is 2. The fourth-order valence-electron chi connectivity index (χ4n) is 6.68. The number of hydrogen-bond donors (Lipinski definition) is 2. The van der Waals surface area contributed by atoms with E-state index in [1.165, 1.54) is 29.6 Å². The monoisotopic (exact) mass is 593 g/mol. The van der Waals surface area contributed by atoms with Gasteiger partial charge in [0.15, 0.2) is 5.78 Å². The number of benzene rings is 3. The van der Waals surface area contributed by atoms with Crippen LogP contribution in [0.1, 0.15) is 51.9 Å². The second kappa shape index (κ2) is 11.6. The smallest absolute Gasteiger partial charge is 0.210 e. The predicted octanol–water partition coefficient (Wildman–Crippen LogP) is 4.19. The molecule has 2 N–H and O–H groups in total. The molecule has 0 radical (unpaired) electrons. The highest BCUT2D eigenvalue weighted by Gasteiger charge is 2.51. The maximum absolute atomic E-state index is 15.0. The highest BCUT2D eigenvalue weighted by molar-refractivity contribution is 7.88. The van der Waals surface area contributed by atoms with Gasteiger partial charge in [-0.25, -0.2) is 17.1 Å². The number of amides is 1. The normalized spacial score (nSPS) is 20.5. The summed E-state index contributed by atoms with van der Waals surface area (Å²) in [7, 11) is -1.93. The Morgan fingerprint density at radius 1 is 1.21 bits per heavy atom. The fourth-order valence-corrected chi connectivity index (χ4v) is 7.11. The van der Waals surface area contributed by atoms with Gasteiger partial charge < -0.3 is 15.3 Å². The second-order valence-electron chi connectivity index (χ2n) is 11.3. The van der Waals surface area contributed by atoms with Crippen LogP contribution in [0.5, 0.6) is 5.75 Å². The molecule has 1 amide bonds. The molecule has 3 aromatic carbocycles. The fraction of sp³-hybridized carbons (Fsp3) is 0.375. The third kappa shape index (κ3) is 5.23. The molecule has 2 heterocycles. The van der Waals surface area contributed by atoms with E-state index in [9.17, 15) is 27.5 Å². The molecule has 8 nitrogen and oxygen atoms in total. The number of sulfonamides is 1. The van der Waals surface area contributed by atoms with Crippen LogP contribution >= 0.6 is 0 Å². The Labute approximate surface area is 246 Å². The quantitative estimate of drug-likeness (QED) is 0.285. The van der Waals surface area contributed by atoms with Crippen molar-refractivity contribution in [1.29, 1.82) is 0 Å². The van der Waals surface area contributed by atoms with Crippen LogP contribution in [0, 0.1) is 18.7 Å². The molecule has 0 aliphatic carbocycles. The molecule has 2 aliphatic rings. The Balaban J connectivity index is 1.77. The van der Waals surface area contributed by atoms with Crippen molar-refractivity contribution in [3.8, 4) is 16.9 Å². The first-order chi connectivity index (χ1) is 20.0. The molecular formula is C32H36FN3O5S. The number of carbonyl (C=O) groups excluding carboxylic acids is 2. The van der Waals surface area contributed by atoms with Gasteiger partial charge in [0.1, 0.15) is 11.6 Å². The summed E-state index contributed by atoms with van der Waals surface area (Å²) in [6.45, 7) is 3.54. The Bertz CT molecular complexity index is 1640. The van der Waals surface area contributed by atoms with Gasteiger partial charge >= 0.3 is 0 Å². The van der Waals surface area contributed by atoms with E-state index in [1.54, 1.807) is 42.2 Å². The highest BCUT2D eigenvalue weighted by Crippen LogP contribution is 2.52. The zero-order valence-corrected chi connectivity index (χ0v) is 24.9. The van der Waals surface area contributed by atoms with E-state index in [1.807, 2.05) is 6.07 Å². The summed E-state index contributed by atoms with van der Waals surface area (Å²) in [4.78, 5) is 28.5. The van der Waals surface area contributed by atoms with Crippen LogP contribution in [0.4, 0.5) is 4.39 Å². The van der Waals surface area contributed by atoms with Crippen LogP contribution in [0.2, 0.25) is 0 Å². The molecule has 3 aromatic rings. The molecule has 1 saturated heterocycles. The molecule has 222 valence electrons. The molecule has 0 aromatic heterocycles. The van der Waals surface area contributed by atoms with Crippen LogP contribution in [-0.4, -0.2) is 67.9 Å². The van der Waals surface area contributed by atoms with Crippen LogP contribution < -0.4 is 5.32 Å². The van der Waals surface area contributed by atoms with Crippen LogP contribution in [0.3, 0.4) is 0 Å².